The van der Waals surface area contributed by atoms with E-state index >= 15 is 0 Å². The molecule has 1 fully saturated rings. The highest BCUT2D eigenvalue weighted by Gasteiger charge is 2.34. The van der Waals surface area contributed by atoms with Crippen molar-refractivity contribution >= 4 is 29.9 Å². The minimum Gasteiger partial charge on any atom is -0.489 e. The van der Waals surface area contributed by atoms with Crippen LogP contribution in [0.25, 0.3) is 0 Å². The van der Waals surface area contributed by atoms with E-state index in [0.29, 0.717) is 42.8 Å². The highest BCUT2D eigenvalue weighted by Crippen LogP contribution is 2.38. The zero-order valence-corrected chi connectivity index (χ0v) is 17.2. The average molecular weight is 427 g/mol. The lowest BCUT2D eigenvalue weighted by atomic mass is 9.90. The topological polar surface area (TPSA) is 77.4 Å². The van der Waals surface area contributed by atoms with E-state index in [1.54, 1.807) is 4.68 Å². The van der Waals surface area contributed by atoms with Gasteiger partial charge in [-0.2, -0.15) is 5.10 Å². The van der Waals surface area contributed by atoms with E-state index in [-0.39, 0.29) is 30.2 Å². The normalized spacial score (nSPS) is 20.9. The second kappa shape index (κ2) is 9.03. The van der Waals surface area contributed by atoms with Gasteiger partial charge in [-0.1, -0.05) is 11.6 Å². The molecular weight excluding hydrogens is 403 g/mol. The molecule has 28 heavy (non-hydrogen) atoms. The number of ether oxygens (including phenoxy) is 2. The summed E-state index contributed by atoms with van der Waals surface area (Å²) >= 11 is 6.33. The first kappa shape index (κ1) is 20.8. The monoisotopic (exact) mass is 426 g/mol. The third-order valence-corrected chi connectivity index (χ3v) is 5.31. The molecular formula is C19H24Cl2N4O3. The number of halogens is 2. The molecule has 2 aliphatic rings. The number of aromatic nitrogens is 2. The smallest absolute Gasteiger partial charge is 0.225 e. The van der Waals surface area contributed by atoms with Crippen LogP contribution in [-0.4, -0.2) is 42.0 Å². The van der Waals surface area contributed by atoms with E-state index in [1.807, 2.05) is 31.6 Å². The molecule has 0 spiro atoms. The Morgan fingerprint density at radius 3 is 2.96 bits per heavy atom. The number of amides is 1. The van der Waals surface area contributed by atoms with Crippen LogP contribution in [0.1, 0.15) is 23.5 Å². The summed E-state index contributed by atoms with van der Waals surface area (Å²) in [5, 5.41) is 11.1. The fourth-order valence-electron chi connectivity index (χ4n) is 3.64. The summed E-state index contributed by atoms with van der Waals surface area (Å²) in [6.45, 7) is 3.02. The first-order chi connectivity index (χ1) is 13.1. The van der Waals surface area contributed by atoms with Gasteiger partial charge in [-0.05, 0) is 23.3 Å². The number of carbonyl (C=O) groups excluding carboxylic acids is 1. The molecule has 7 nitrogen and oxygen atoms in total. The molecule has 9 heteroatoms. The summed E-state index contributed by atoms with van der Waals surface area (Å²) in [6.07, 6.45) is 4.63. The minimum atomic E-state index is -0.120. The van der Waals surface area contributed by atoms with Gasteiger partial charge >= 0.3 is 0 Å². The van der Waals surface area contributed by atoms with Crippen molar-refractivity contribution < 1.29 is 14.3 Å². The summed E-state index contributed by atoms with van der Waals surface area (Å²) in [5.41, 5.74) is 1.97. The van der Waals surface area contributed by atoms with Gasteiger partial charge in [0.2, 0.25) is 5.91 Å². The van der Waals surface area contributed by atoms with Crippen LogP contribution in [-0.2, 0) is 18.4 Å². The number of nitrogens with one attached hydrogen (secondary N) is 2. The van der Waals surface area contributed by atoms with Crippen LogP contribution in [0.3, 0.4) is 0 Å². The number of aryl methyl sites for hydroxylation is 1. The van der Waals surface area contributed by atoms with Gasteiger partial charge in [0.05, 0.1) is 30.4 Å². The molecule has 4 rings (SSSR count). The molecule has 1 aromatic heterocycles. The highest BCUT2D eigenvalue weighted by molar-refractivity contribution is 6.32. The molecule has 1 saturated heterocycles. The molecule has 0 aliphatic carbocycles. The molecule has 1 amide bonds. The fraction of sp³-hybridized carbons (Fsp3) is 0.474. The Morgan fingerprint density at radius 2 is 2.18 bits per heavy atom. The molecule has 2 aliphatic heterocycles. The predicted octanol–water partition coefficient (Wildman–Crippen LogP) is 2.28. The minimum absolute atomic E-state index is 0. The van der Waals surface area contributed by atoms with Crippen molar-refractivity contribution in [2.75, 3.05) is 26.3 Å². The maximum atomic E-state index is 12.8. The standard InChI is InChI=1S/C19H23ClN4O3.ClH/c1-24-11-13(8-23-24)14-9-21-10-15(14)19(25)22-7-12-5-16(20)18-17(6-12)26-3-2-4-27-18;/h5-6,8,11,14-15,21H,2-4,7,9-10H2,1H3,(H,22,25);1H/t14-,15+;/m1./s1. The van der Waals surface area contributed by atoms with Gasteiger partial charge in [0.1, 0.15) is 0 Å². The molecule has 2 aromatic rings. The van der Waals surface area contributed by atoms with E-state index in [4.69, 9.17) is 21.1 Å². The molecule has 1 aromatic carbocycles. The van der Waals surface area contributed by atoms with Crippen molar-refractivity contribution in [2.45, 2.75) is 18.9 Å². The molecule has 0 radical (unpaired) electrons. The number of nitrogens with zero attached hydrogens (tertiary/aromatic N) is 2. The van der Waals surface area contributed by atoms with Crippen molar-refractivity contribution in [3.63, 3.8) is 0 Å². The van der Waals surface area contributed by atoms with Crippen LogP contribution in [0, 0.1) is 5.92 Å². The number of carbonyl (C=O) groups is 1. The summed E-state index contributed by atoms with van der Waals surface area (Å²) in [5.74, 6) is 1.26. The summed E-state index contributed by atoms with van der Waals surface area (Å²) in [7, 11) is 1.88. The Labute approximate surface area is 175 Å². The Balaban J connectivity index is 0.00000225. The van der Waals surface area contributed by atoms with Gasteiger partial charge in [-0.3, -0.25) is 9.48 Å². The summed E-state index contributed by atoms with van der Waals surface area (Å²) in [4.78, 5) is 12.8. The molecule has 3 heterocycles. The van der Waals surface area contributed by atoms with Crippen LogP contribution >= 0.6 is 24.0 Å². The molecule has 0 unspecified atom stereocenters. The van der Waals surface area contributed by atoms with Crippen molar-refractivity contribution in [3.8, 4) is 11.5 Å². The van der Waals surface area contributed by atoms with Crippen LogP contribution in [0.15, 0.2) is 24.5 Å². The number of benzene rings is 1. The predicted molar refractivity (Wildman–Crippen MR) is 108 cm³/mol. The van der Waals surface area contributed by atoms with Crippen molar-refractivity contribution in [2.24, 2.45) is 13.0 Å². The van der Waals surface area contributed by atoms with E-state index in [9.17, 15) is 4.79 Å². The second-order valence-electron chi connectivity index (χ2n) is 6.99. The average Bonchev–Trinajstić information content (AvgIpc) is 3.23. The third kappa shape index (κ3) is 4.37. The van der Waals surface area contributed by atoms with Crippen molar-refractivity contribution in [3.05, 3.63) is 40.7 Å². The van der Waals surface area contributed by atoms with Crippen LogP contribution in [0.5, 0.6) is 11.5 Å². The Morgan fingerprint density at radius 1 is 1.36 bits per heavy atom. The molecule has 2 N–H and O–H groups in total. The maximum Gasteiger partial charge on any atom is 0.225 e. The van der Waals surface area contributed by atoms with Gasteiger partial charge < -0.3 is 20.1 Å². The van der Waals surface area contributed by atoms with Crippen LogP contribution in [0.2, 0.25) is 5.02 Å². The Bertz CT molecular complexity index is 843. The zero-order chi connectivity index (χ0) is 18.8. The lowest BCUT2D eigenvalue weighted by Crippen LogP contribution is -2.34. The van der Waals surface area contributed by atoms with Gasteiger partial charge in [0.15, 0.2) is 11.5 Å². The van der Waals surface area contributed by atoms with E-state index in [1.165, 1.54) is 0 Å². The summed E-state index contributed by atoms with van der Waals surface area (Å²) in [6, 6.07) is 3.71. The lowest BCUT2D eigenvalue weighted by molar-refractivity contribution is -0.125. The van der Waals surface area contributed by atoms with Gasteiger partial charge in [-0.25, -0.2) is 0 Å². The van der Waals surface area contributed by atoms with Crippen molar-refractivity contribution in [1.29, 1.82) is 0 Å². The maximum absolute atomic E-state index is 12.8. The highest BCUT2D eigenvalue weighted by atomic mass is 35.5. The quantitative estimate of drug-likeness (QED) is 0.783. The molecule has 0 saturated carbocycles. The SMILES string of the molecule is Cl.Cn1cc([C@H]2CNC[C@@H]2C(=O)NCc2cc(Cl)c3c(c2)OCCCO3)cn1. The number of hydrogen-bond donors (Lipinski definition) is 2. The largest absolute Gasteiger partial charge is 0.489 e. The summed E-state index contributed by atoms with van der Waals surface area (Å²) < 4.78 is 13.1. The number of hydrogen-bond acceptors (Lipinski definition) is 5. The van der Waals surface area contributed by atoms with Gasteiger partial charge in [0.25, 0.3) is 0 Å². The molecule has 0 bridgehead atoms. The van der Waals surface area contributed by atoms with E-state index < -0.39 is 0 Å². The fourth-order valence-corrected chi connectivity index (χ4v) is 3.93. The van der Waals surface area contributed by atoms with E-state index in [2.05, 4.69) is 15.7 Å². The first-order valence-corrected chi connectivity index (χ1v) is 9.54. The molecule has 2 atom stereocenters. The first-order valence-electron chi connectivity index (χ1n) is 9.17. The number of fused-ring (bicyclic) bond motifs is 1. The Hall–Kier alpha value is -1.96. The van der Waals surface area contributed by atoms with Crippen LogP contribution < -0.4 is 20.1 Å². The van der Waals surface area contributed by atoms with Gasteiger partial charge in [-0.15, -0.1) is 12.4 Å². The third-order valence-electron chi connectivity index (χ3n) is 5.03. The lowest BCUT2D eigenvalue weighted by Gasteiger charge is -2.17. The van der Waals surface area contributed by atoms with Gasteiger partial charge in [0, 0.05) is 45.2 Å². The van der Waals surface area contributed by atoms with Crippen LogP contribution in [0.4, 0.5) is 0 Å². The Kier molecular flexibility index (Phi) is 6.69. The zero-order valence-electron chi connectivity index (χ0n) is 15.6. The number of rotatable bonds is 4. The van der Waals surface area contributed by atoms with E-state index in [0.717, 1.165) is 24.1 Å². The second-order valence-corrected chi connectivity index (χ2v) is 7.40. The van der Waals surface area contributed by atoms with Crippen molar-refractivity contribution in [1.82, 2.24) is 20.4 Å². The molecule has 152 valence electrons.